The Morgan fingerprint density at radius 1 is 1.33 bits per heavy atom. The molecule has 22 heteroatoms. The Hall–Kier alpha value is -2.55. The molecule has 0 saturated carbocycles. The summed E-state index contributed by atoms with van der Waals surface area (Å²) >= 11 is 0. The first-order valence-corrected chi connectivity index (χ1v) is 15.0. The molecule has 42 heavy (non-hydrogen) atoms. The molecule has 1 unspecified atom stereocenters. The number of aliphatic hydroxyl groups is 5. The van der Waals surface area contributed by atoms with Gasteiger partial charge in [-0.15, -0.1) is 0 Å². The summed E-state index contributed by atoms with van der Waals surface area (Å²) in [5.74, 6) is -1.66. The average Bonchev–Trinajstić information content (AvgIpc) is 3.18. The number of amides is 1. The van der Waals surface area contributed by atoms with Gasteiger partial charge >= 0.3 is 27.0 Å². The first kappa shape index (κ1) is 33.9. The van der Waals surface area contributed by atoms with E-state index in [2.05, 4.69) is 14.8 Å². The molecular formula is C20H30N4O16P2. The number of nitrogens with one attached hydrogen (secondary N) is 1. The van der Waals surface area contributed by atoms with Crippen molar-refractivity contribution in [2.45, 2.75) is 55.8 Å². The van der Waals surface area contributed by atoms with E-state index in [9.17, 15) is 54.2 Å². The largest absolute Gasteiger partial charge is 0.625 e. The maximum Gasteiger partial charge on any atom is 0.530 e. The number of nitrogens with two attached hydrogens (primary N) is 1. The molecule has 236 valence electrons. The van der Waals surface area contributed by atoms with Crippen molar-refractivity contribution in [3.63, 3.8) is 0 Å². The van der Waals surface area contributed by atoms with E-state index in [-0.39, 0.29) is 5.82 Å². The number of rotatable bonds is 11. The highest BCUT2D eigenvalue weighted by atomic mass is 31.2. The summed E-state index contributed by atoms with van der Waals surface area (Å²) < 4.78 is 33.5. The smallest absolute Gasteiger partial charge is 0.530 e. The number of carbonyl (C=O) groups excluding carboxylic acids is 1. The van der Waals surface area contributed by atoms with Gasteiger partial charge in [0.1, 0.15) is 36.3 Å². The van der Waals surface area contributed by atoms with Gasteiger partial charge in [0.05, 0.1) is 19.3 Å². The van der Waals surface area contributed by atoms with Crippen molar-refractivity contribution in [1.82, 2.24) is 14.9 Å². The van der Waals surface area contributed by atoms with Gasteiger partial charge in [-0.2, -0.15) is 4.98 Å². The second-order valence-electron chi connectivity index (χ2n) is 9.07. The van der Waals surface area contributed by atoms with Crippen LogP contribution in [0.3, 0.4) is 0 Å². The van der Waals surface area contributed by atoms with Crippen LogP contribution < -0.4 is 21.6 Å². The highest BCUT2D eigenvalue weighted by molar-refractivity contribution is 7.62. The number of phosphoric ester groups is 1. The van der Waals surface area contributed by atoms with E-state index >= 15 is 0 Å². The fraction of sp³-hybridized carbons (Fsp3) is 0.550. The summed E-state index contributed by atoms with van der Waals surface area (Å²) in [6.45, 7) is -0.868. The van der Waals surface area contributed by atoms with Gasteiger partial charge in [0, 0.05) is 13.1 Å². The fourth-order valence-electron chi connectivity index (χ4n) is 3.92. The number of hydrogen-bond donors (Lipinski definition) is 10. The number of hydrogen-bond acceptors (Lipinski definition) is 17. The minimum absolute atomic E-state index is 0.134. The maximum atomic E-state index is 12.7. The first-order valence-electron chi connectivity index (χ1n) is 11.9. The van der Waals surface area contributed by atoms with Crippen LogP contribution in [0.5, 0.6) is 0 Å². The predicted octanol–water partition coefficient (Wildman–Crippen LogP) is -4.97. The van der Waals surface area contributed by atoms with Crippen molar-refractivity contribution in [3.8, 4) is 0 Å². The molecule has 3 heterocycles. The molecular weight excluding hydrogens is 614 g/mol. The summed E-state index contributed by atoms with van der Waals surface area (Å²) in [4.78, 5) is 69.1. The number of anilines is 1. The molecule has 1 amide bonds. The van der Waals surface area contributed by atoms with E-state index in [1.165, 1.54) is 6.07 Å². The van der Waals surface area contributed by atoms with Gasteiger partial charge in [-0.3, -0.25) is 18.8 Å². The van der Waals surface area contributed by atoms with Crippen LogP contribution in [0.25, 0.3) is 0 Å². The lowest BCUT2D eigenvalue weighted by Crippen LogP contribution is -2.53. The second-order valence-corrected chi connectivity index (χ2v) is 11.9. The average molecular weight is 644 g/mol. The summed E-state index contributed by atoms with van der Waals surface area (Å²) in [7, 11) is -11.1. The molecule has 0 radical (unpaired) electrons. The molecule has 0 bridgehead atoms. The standard InChI is InChI=1S/C20H30N4O16P2/c1-8(26)22-9-2-3-11(38-17(9)14(28)10(27)6-25)19(41(32,33)34)40-42(35,36)37-7-12-15(29)16(30)18(39-12)24-5-4-13(21)23-20(24)31/h2-5,9-10,12,14-18,25,27-30H,6-7H2,1H3,(H,22,26)(H,35,36)(H2,21,23,31)(H2,32,33,34)/b19-11+/t9-,10-,12-,14-,15-,16-,17-,18-/m1/s1. The minimum Gasteiger partial charge on any atom is -0.625 e. The number of nitrogen functional groups attached to an aromatic ring is 1. The normalized spacial score (nSPS) is 30.1. The number of aromatic nitrogens is 2. The fourth-order valence-corrected chi connectivity index (χ4v) is 5.76. The molecule has 0 spiro atoms. The highest BCUT2D eigenvalue weighted by Crippen LogP contribution is 2.60. The van der Waals surface area contributed by atoms with Crippen molar-refractivity contribution in [3.05, 3.63) is 46.2 Å². The van der Waals surface area contributed by atoms with Gasteiger partial charge in [-0.1, -0.05) is 6.08 Å². The Labute approximate surface area is 236 Å². The Kier molecular flexibility index (Phi) is 10.8. The molecule has 2 aliphatic heterocycles. The molecule has 9 atom stereocenters. The zero-order valence-corrected chi connectivity index (χ0v) is 23.3. The Bertz CT molecular complexity index is 1300. The SMILES string of the molecule is CC(=O)N[C@@H]1C=C/C(=C(/OP(=O)(O)OC[C@H]2O[C@@H](n3ccc(N)nc3=O)[C@H](O)[C@@H]2O)[P+]([O-])(O)O)O[C@H]1[C@H](O)[C@H](O)CO. The third-order valence-corrected chi connectivity index (χ3v) is 7.78. The highest BCUT2D eigenvalue weighted by Gasteiger charge is 2.48. The molecule has 1 aromatic rings. The third-order valence-electron chi connectivity index (χ3n) is 5.90. The van der Waals surface area contributed by atoms with E-state index in [0.29, 0.717) is 0 Å². The van der Waals surface area contributed by atoms with E-state index in [4.69, 9.17) is 24.8 Å². The summed E-state index contributed by atoms with van der Waals surface area (Å²) in [6.07, 6.45) is -9.03. The minimum atomic E-state index is -5.59. The zero-order valence-electron chi connectivity index (χ0n) is 21.6. The lowest BCUT2D eigenvalue weighted by molar-refractivity contribution is -0.208. The Morgan fingerprint density at radius 2 is 2.00 bits per heavy atom. The van der Waals surface area contributed by atoms with Crippen molar-refractivity contribution in [2.24, 2.45) is 0 Å². The number of ether oxygens (including phenoxy) is 2. The van der Waals surface area contributed by atoms with E-state index in [1.54, 1.807) is 0 Å². The number of aliphatic hydroxyl groups excluding tert-OH is 5. The Morgan fingerprint density at radius 3 is 2.57 bits per heavy atom. The topological polar surface area (TPSA) is 329 Å². The van der Waals surface area contributed by atoms with Gasteiger partial charge in [-0.25, -0.2) is 19.1 Å². The van der Waals surface area contributed by atoms with Crippen LogP contribution in [-0.2, 0) is 27.9 Å². The molecule has 2 aliphatic rings. The number of carbonyl (C=O) groups is 1. The van der Waals surface area contributed by atoms with Crippen molar-refractivity contribution >= 4 is 27.5 Å². The number of allylic oxidation sites excluding steroid dienone is 1. The molecule has 3 rings (SSSR count). The summed E-state index contributed by atoms with van der Waals surface area (Å²) in [6, 6.07) is 0.0104. The van der Waals surface area contributed by atoms with Crippen molar-refractivity contribution in [1.29, 1.82) is 0 Å². The van der Waals surface area contributed by atoms with Crippen molar-refractivity contribution < 1.29 is 73.0 Å². The number of nitrogens with zero attached hydrogens (tertiary/aromatic N) is 2. The van der Waals surface area contributed by atoms with Crippen LogP contribution in [0.1, 0.15) is 13.2 Å². The lowest BCUT2D eigenvalue weighted by atomic mass is 9.98. The van der Waals surface area contributed by atoms with E-state index in [1.807, 2.05) is 0 Å². The quantitative estimate of drug-likeness (QED) is 0.0796. The van der Waals surface area contributed by atoms with Crippen LogP contribution in [0, 0.1) is 0 Å². The van der Waals surface area contributed by atoms with Crippen molar-refractivity contribution in [2.75, 3.05) is 18.9 Å². The molecule has 1 saturated heterocycles. The lowest BCUT2D eigenvalue weighted by Gasteiger charge is -2.35. The van der Waals surface area contributed by atoms with E-state index < -0.39 is 101 Å². The molecule has 0 aromatic carbocycles. The molecule has 20 nitrogen and oxygen atoms in total. The van der Waals surface area contributed by atoms with Crippen LogP contribution >= 0.6 is 15.8 Å². The number of phosphoric acid groups is 1. The third kappa shape index (κ3) is 8.08. The Balaban J connectivity index is 1.81. The molecule has 1 fully saturated rings. The van der Waals surface area contributed by atoms with Gasteiger partial charge in [0.2, 0.25) is 11.7 Å². The molecule has 1 aromatic heterocycles. The zero-order chi connectivity index (χ0) is 31.6. The maximum absolute atomic E-state index is 12.7. The second kappa shape index (κ2) is 13.4. The molecule has 11 N–H and O–H groups in total. The van der Waals surface area contributed by atoms with Gasteiger partial charge in [-0.05, 0) is 12.1 Å². The first-order chi connectivity index (χ1) is 19.4. The summed E-state index contributed by atoms with van der Waals surface area (Å²) in [5.41, 5.74) is 2.91. The van der Waals surface area contributed by atoms with Crippen LogP contribution in [-0.4, -0.2) is 112 Å². The van der Waals surface area contributed by atoms with Gasteiger partial charge in [0.25, 0.3) is 0 Å². The van der Waals surface area contributed by atoms with Gasteiger partial charge in [0.15, 0.2) is 12.3 Å². The predicted molar refractivity (Wildman–Crippen MR) is 135 cm³/mol. The summed E-state index contributed by atoms with van der Waals surface area (Å²) in [5, 5.41) is 52.3. The van der Waals surface area contributed by atoms with E-state index in [0.717, 1.165) is 29.8 Å². The van der Waals surface area contributed by atoms with Crippen LogP contribution in [0.4, 0.5) is 5.82 Å². The monoisotopic (exact) mass is 644 g/mol. The molecule has 0 aliphatic carbocycles. The van der Waals surface area contributed by atoms with Crippen LogP contribution in [0.2, 0.25) is 0 Å². The van der Waals surface area contributed by atoms with Gasteiger partial charge < -0.3 is 55.5 Å². The van der Waals surface area contributed by atoms with Crippen LogP contribution in [0.15, 0.2) is 40.5 Å².